The van der Waals surface area contributed by atoms with Gasteiger partial charge in [-0.3, -0.25) is 9.59 Å². The number of aromatic nitrogens is 2. The lowest BCUT2D eigenvalue weighted by atomic mass is 10.1. The van der Waals surface area contributed by atoms with Gasteiger partial charge in [-0.2, -0.15) is 0 Å². The van der Waals surface area contributed by atoms with Crippen molar-refractivity contribution in [2.75, 3.05) is 40.4 Å². The fourth-order valence-corrected chi connectivity index (χ4v) is 3.69. The van der Waals surface area contributed by atoms with Gasteiger partial charge in [0.25, 0.3) is 11.8 Å². The van der Waals surface area contributed by atoms with E-state index in [2.05, 4.69) is 9.97 Å². The van der Waals surface area contributed by atoms with E-state index in [1.54, 1.807) is 54.6 Å². The molecule has 0 bridgehead atoms. The zero-order chi connectivity index (χ0) is 21.1. The predicted octanol–water partition coefficient (Wildman–Crippen LogP) is 2.57. The van der Waals surface area contributed by atoms with Crippen LogP contribution in [-0.2, 0) is 0 Å². The van der Waals surface area contributed by atoms with Gasteiger partial charge in [0.1, 0.15) is 11.5 Å². The van der Waals surface area contributed by atoms with Crippen molar-refractivity contribution in [3.63, 3.8) is 0 Å². The van der Waals surface area contributed by atoms with Gasteiger partial charge in [0.15, 0.2) is 0 Å². The maximum Gasteiger partial charge on any atom is 0.254 e. The number of carbonyl (C=O) groups is 2. The Labute approximate surface area is 174 Å². The second-order valence-electron chi connectivity index (χ2n) is 7.17. The molecule has 1 aliphatic heterocycles. The molecule has 2 amide bonds. The Balaban J connectivity index is 1.47. The molecule has 3 aromatic rings. The topological polar surface area (TPSA) is 87.8 Å². The van der Waals surface area contributed by atoms with Gasteiger partial charge in [0.05, 0.1) is 31.6 Å². The molecule has 30 heavy (non-hydrogen) atoms. The lowest BCUT2D eigenvalue weighted by Gasteiger charge is -2.22. The second kappa shape index (κ2) is 8.44. The van der Waals surface area contributed by atoms with E-state index in [1.807, 2.05) is 12.1 Å². The van der Waals surface area contributed by atoms with Crippen LogP contribution in [0.1, 0.15) is 27.1 Å². The zero-order valence-corrected chi connectivity index (χ0v) is 17.1. The normalized spacial score (nSPS) is 14.5. The number of nitrogens with one attached hydrogen (secondary N) is 1. The summed E-state index contributed by atoms with van der Waals surface area (Å²) in [5.74, 6) is 1.00. The summed E-state index contributed by atoms with van der Waals surface area (Å²) in [5.41, 5.74) is 2.78. The second-order valence-corrected chi connectivity index (χ2v) is 7.17. The smallest absolute Gasteiger partial charge is 0.254 e. The molecule has 0 radical (unpaired) electrons. The third kappa shape index (κ3) is 3.94. The molecule has 1 saturated heterocycles. The SMILES string of the molecule is COc1cc(OC)cc(C(=O)N2CCCN(C(=O)c3ccc4nc[nH]c4c3)CC2)c1. The fourth-order valence-electron chi connectivity index (χ4n) is 3.69. The molecular formula is C22H24N4O4. The van der Waals surface area contributed by atoms with Gasteiger partial charge in [-0.1, -0.05) is 0 Å². The summed E-state index contributed by atoms with van der Waals surface area (Å²) in [7, 11) is 3.11. The Hall–Kier alpha value is -3.55. The van der Waals surface area contributed by atoms with Crippen LogP contribution in [0.3, 0.4) is 0 Å². The highest BCUT2D eigenvalue weighted by molar-refractivity contribution is 5.98. The monoisotopic (exact) mass is 408 g/mol. The van der Waals surface area contributed by atoms with E-state index >= 15 is 0 Å². The van der Waals surface area contributed by atoms with Crippen molar-refractivity contribution >= 4 is 22.8 Å². The molecule has 156 valence electrons. The molecule has 1 N–H and O–H groups in total. The number of hydrogen-bond acceptors (Lipinski definition) is 5. The van der Waals surface area contributed by atoms with Gasteiger partial charge in [0, 0.05) is 43.4 Å². The van der Waals surface area contributed by atoms with Crippen LogP contribution in [0, 0.1) is 0 Å². The Morgan fingerprint density at radius 3 is 2.13 bits per heavy atom. The lowest BCUT2D eigenvalue weighted by molar-refractivity contribution is 0.0718. The average Bonchev–Trinajstić information content (AvgIpc) is 3.12. The summed E-state index contributed by atoms with van der Waals surface area (Å²) in [6, 6.07) is 10.6. The van der Waals surface area contributed by atoms with E-state index in [0.717, 1.165) is 11.0 Å². The maximum absolute atomic E-state index is 13.1. The number of rotatable bonds is 4. The van der Waals surface area contributed by atoms with E-state index in [1.165, 1.54) is 0 Å². The standard InChI is InChI=1S/C22H24N4O4/c1-29-17-10-16(11-18(13-17)30-2)22(28)26-7-3-6-25(8-9-26)21(27)15-4-5-19-20(12-15)24-14-23-19/h4-5,10-14H,3,6-9H2,1-2H3,(H,23,24). The van der Waals surface area contributed by atoms with Gasteiger partial charge in [0.2, 0.25) is 0 Å². The van der Waals surface area contributed by atoms with Gasteiger partial charge < -0.3 is 24.3 Å². The van der Waals surface area contributed by atoms with Crippen molar-refractivity contribution in [3.8, 4) is 11.5 Å². The summed E-state index contributed by atoms with van der Waals surface area (Å²) in [5, 5.41) is 0. The van der Waals surface area contributed by atoms with Crippen molar-refractivity contribution in [1.29, 1.82) is 0 Å². The number of fused-ring (bicyclic) bond motifs is 1. The number of H-pyrrole nitrogens is 1. The van der Waals surface area contributed by atoms with Crippen LogP contribution in [0.25, 0.3) is 11.0 Å². The highest BCUT2D eigenvalue weighted by atomic mass is 16.5. The van der Waals surface area contributed by atoms with Crippen LogP contribution in [0.15, 0.2) is 42.7 Å². The molecular weight excluding hydrogens is 384 g/mol. The van der Waals surface area contributed by atoms with Gasteiger partial charge >= 0.3 is 0 Å². The molecule has 1 aliphatic rings. The first-order valence-corrected chi connectivity index (χ1v) is 9.84. The summed E-state index contributed by atoms with van der Waals surface area (Å²) in [6.45, 7) is 2.13. The minimum Gasteiger partial charge on any atom is -0.497 e. The Morgan fingerprint density at radius 2 is 1.50 bits per heavy atom. The fraction of sp³-hybridized carbons (Fsp3) is 0.318. The average molecular weight is 408 g/mol. The molecule has 0 unspecified atom stereocenters. The van der Waals surface area contributed by atoms with Crippen LogP contribution >= 0.6 is 0 Å². The van der Waals surface area contributed by atoms with E-state index in [9.17, 15) is 9.59 Å². The largest absolute Gasteiger partial charge is 0.497 e. The third-order valence-corrected chi connectivity index (χ3v) is 5.34. The van der Waals surface area contributed by atoms with Crippen molar-refractivity contribution < 1.29 is 19.1 Å². The number of ether oxygens (including phenoxy) is 2. The van der Waals surface area contributed by atoms with Crippen LogP contribution < -0.4 is 9.47 Å². The number of imidazole rings is 1. The van der Waals surface area contributed by atoms with E-state index in [-0.39, 0.29) is 11.8 Å². The van der Waals surface area contributed by atoms with Gasteiger partial charge in [-0.05, 0) is 36.8 Å². The zero-order valence-electron chi connectivity index (χ0n) is 17.1. The molecule has 8 nitrogen and oxygen atoms in total. The summed E-state index contributed by atoms with van der Waals surface area (Å²) in [6.07, 6.45) is 2.33. The number of nitrogens with zero attached hydrogens (tertiary/aromatic N) is 3. The molecule has 2 aromatic carbocycles. The van der Waals surface area contributed by atoms with Crippen molar-refractivity contribution in [2.45, 2.75) is 6.42 Å². The highest BCUT2D eigenvalue weighted by Crippen LogP contribution is 2.24. The molecule has 0 spiro atoms. The van der Waals surface area contributed by atoms with E-state index in [4.69, 9.17) is 9.47 Å². The first-order chi connectivity index (χ1) is 14.6. The Bertz CT molecular complexity index is 1060. The number of hydrogen-bond donors (Lipinski definition) is 1. The lowest BCUT2D eigenvalue weighted by Crippen LogP contribution is -2.37. The molecule has 1 fully saturated rings. The van der Waals surface area contributed by atoms with Crippen LogP contribution in [0.5, 0.6) is 11.5 Å². The quantitative estimate of drug-likeness (QED) is 0.717. The molecule has 2 heterocycles. The summed E-state index contributed by atoms with van der Waals surface area (Å²) in [4.78, 5) is 36.8. The predicted molar refractivity (Wildman–Crippen MR) is 112 cm³/mol. The maximum atomic E-state index is 13.1. The first kappa shape index (κ1) is 19.8. The van der Waals surface area contributed by atoms with Gasteiger partial charge in [-0.15, -0.1) is 0 Å². The van der Waals surface area contributed by atoms with Crippen molar-refractivity contribution in [1.82, 2.24) is 19.8 Å². The first-order valence-electron chi connectivity index (χ1n) is 9.84. The number of methoxy groups -OCH3 is 2. The minimum absolute atomic E-state index is 0.0381. The summed E-state index contributed by atoms with van der Waals surface area (Å²) >= 11 is 0. The Morgan fingerprint density at radius 1 is 0.867 bits per heavy atom. The molecule has 0 saturated carbocycles. The van der Waals surface area contributed by atoms with Crippen LogP contribution in [0.2, 0.25) is 0 Å². The number of aromatic amines is 1. The third-order valence-electron chi connectivity index (χ3n) is 5.34. The number of benzene rings is 2. The Kier molecular flexibility index (Phi) is 5.56. The molecule has 8 heteroatoms. The van der Waals surface area contributed by atoms with Crippen LogP contribution in [-0.4, -0.2) is 72.0 Å². The molecule has 4 rings (SSSR count). The highest BCUT2D eigenvalue weighted by Gasteiger charge is 2.24. The van der Waals surface area contributed by atoms with Crippen LogP contribution in [0.4, 0.5) is 0 Å². The van der Waals surface area contributed by atoms with E-state index in [0.29, 0.717) is 55.2 Å². The molecule has 1 aromatic heterocycles. The van der Waals surface area contributed by atoms with Crippen molar-refractivity contribution in [3.05, 3.63) is 53.9 Å². The summed E-state index contributed by atoms with van der Waals surface area (Å²) < 4.78 is 10.5. The number of amides is 2. The van der Waals surface area contributed by atoms with Gasteiger partial charge in [-0.25, -0.2) is 4.98 Å². The van der Waals surface area contributed by atoms with Crippen molar-refractivity contribution in [2.24, 2.45) is 0 Å². The number of carbonyl (C=O) groups excluding carboxylic acids is 2. The van der Waals surface area contributed by atoms with E-state index < -0.39 is 0 Å². The minimum atomic E-state index is -0.0969. The molecule has 0 aliphatic carbocycles. The molecule has 0 atom stereocenters.